The molecular weight excluding hydrogens is 303 g/mol. The highest BCUT2D eigenvalue weighted by Gasteiger charge is 2.13. The Morgan fingerprint density at radius 2 is 1.89 bits per heavy atom. The van der Waals surface area contributed by atoms with Gasteiger partial charge in [0.05, 0.1) is 11.7 Å². The summed E-state index contributed by atoms with van der Waals surface area (Å²) in [6.45, 7) is 3.97. The van der Waals surface area contributed by atoms with Gasteiger partial charge in [-0.2, -0.15) is 0 Å². The van der Waals surface area contributed by atoms with E-state index in [1.54, 1.807) is 18.3 Å². The summed E-state index contributed by atoms with van der Waals surface area (Å²) in [4.78, 5) is 4.07. The molecule has 0 radical (unpaired) electrons. The van der Waals surface area contributed by atoms with Gasteiger partial charge in [0, 0.05) is 16.2 Å². The molecule has 0 aliphatic heterocycles. The molecule has 1 heterocycles. The van der Waals surface area contributed by atoms with Crippen LogP contribution in [-0.4, -0.2) is 4.98 Å². The molecule has 19 heavy (non-hydrogen) atoms. The van der Waals surface area contributed by atoms with E-state index in [0.717, 1.165) is 16.8 Å². The lowest BCUT2D eigenvalue weighted by Gasteiger charge is -2.19. The van der Waals surface area contributed by atoms with E-state index in [-0.39, 0.29) is 6.04 Å². The van der Waals surface area contributed by atoms with Crippen LogP contribution < -0.4 is 5.32 Å². The zero-order chi connectivity index (χ0) is 14.0. The summed E-state index contributed by atoms with van der Waals surface area (Å²) in [5.41, 5.74) is 2.77. The number of aromatic nitrogens is 1. The first-order valence-corrected chi connectivity index (χ1v) is 6.95. The standard InChI is InChI=1S/C14H13Cl3N2/c1-8-5-6-18-14(17)13(8)19-9(2)11-7-10(15)3-4-12(11)16/h3-7,9,19H,1-2H3. The number of benzene rings is 1. The van der Waals surface area contributed by atoms with Crippen molar-refractivity contribution in [2.45, 2.75) is 19.9 Å². The summed E-state index contributed by atoms with van der Waals surface area (Å²) in [6, 6.07) is 7.28. The van der Waals surface area contributed by atoms with E-state index in [0.29, 0.717) is 15.2 Å². The van der Waals surface area contributed by atoms with E-state index in [4.69, 9.17) is 34.8 Å². The molecule has 5 heteroatoms. The maximum atomic E-state index is 6.19. The largest absolute Gasteiger partial charge is 0.376 e. The molecule has 0 amide bonds. The van der Waals surface area contributed by atoms with Gasteiger partial charge < -0.3 is 5.32 Å². The van der Waals surface area contributed by atoms with Crippen LogP contribution in [0.2, 0.25) is 15.2 Å². The normalized spacial score (nSPS) is 12.3. The van der Waals surface area contributed by atoms with Gasteiger partial charge in [0.15, 0.2) is 5.15 Å². The number of pyridine rings is 1. The Labute approximate surface area is 127 Å². The fraction of sp³-hybridized carbons (Fsp3) is 0.214. The van der Waals surface area contributed by atoms with Crippen LogP contribution in [0.3, 0.4) is 0 Å². The molecule has 0 saturated carbocycles. The first-order chi connectivity index (χ1) is 8.99. The van der Waals surface area contributed by atoms with Crippen LogP contribution in [0.5, 0.6) is 0 Å². The minimum atomic E-state index is -0.0217. The third-order valence-electron chi connectivity index (χ3n) is 2.90. The van der Waals surface area contributed by atoms with E-state index in [2.05, 4.69) is 10.3 Å². The summed E-state index contributed by atoms with van der Waals surface area (Å²) in [5, 5.41) is 5.10. The fourth-order valence-corrected chi connectivity index (χ4v) is 2.56. The van der Waals surface area contributed by atoms with Crippen LogP contribution >= 0.6 is 34.8 Å². The molecule has 1 aromatic heterocycles. The lowest BCUT2D eigenvalue weighted by Crippen LogP contribution is -2.09. The summed E-state index contributed by atoms with van der Waals surface area (Å²) >= 11 is 18.3. The van der Waals surface area contributed by atoms with Crippen LogP contribution in [-0.2, 0) is 0 Å². The topological polar surface area (TPSA) is 24.9 Å². The van der Waals surface area contributed by atoms with E-state index < -0.39 is 0 Å². The summed E-state index contributed by atoms with van der Waals surface area (Å²) < 4.78 is 0. The third kappa shape index (κ3) is 3.33. The van der Waals surface area contributed by atoms with Gasteiger partial charge >= 0.3 is 0 Å². The quantitative estimate of drug-likeness (QED) is 0.754. The lowest BCUT2D eigenvalue weighted by atomic mass is 10.1. The van der Waals surface area contributed by atoms with Gasteiger partial charge in [0.2, 0.25) is 0 Å². The number of nitrogens with zero attached hydrogens (tertiary/aromatic N) is 1. The Balaban J connectivity index is 2.31. The van der Waals surface area contributed by atoms with Crippen molar-refractivity contribution >= 4 is 40.5 Å². The molecule has 2 rings (SSSR count). The Morgan fingerprint density at radius 1 is 1.16 bits per heavy atom. The predicted molar refractivity (Wildman–Crippen MR) is 82.5 cm³/mol. The Hall–Kier alpha value is -0.960. The molecule has 0 aliphatic carbocycles. The molecule has 0 aliphatic rings. The second-order valence-electron chi connectivity index (χ2n) is 4.33. The second-order valence-corrected chi connectivity index (χ2v) is 5.53. The molecule has 1 aromatic carbocycles. The average molecular weight is 316 g/mol. The highest BCUT2D eigenvalue weighted by molar-refractivity contribution is 6.33. The van der Waals surface area contributed by atoms with Crippen molar-refractivity contribution in [3.05, 3.63) is 56.8 Å². The molecule has 1 N–H and O–H groups in total. The van der Waals surface area contributed by atoms with E-state index in [1.165, 1.54) is 0 Å². The first-order valence-electron chi connectivity index (χ1n) is 5.81. The number of rotatable bonds is 3. The van der Waals surface area contributed by atoms with Crippen molar-refractivity contribution in [3.8, 4) is 0 Å². The number of hydrogen-bond acceptors (Lipinski definition) is 2. The van der Waals surface area contributed by atoms with Gasteiger partial charge in [-0.15, -0.1) is 0 Å². The maximum absolute atomic E-state index is 6.19. The Bertz CT molecular complexity index is 579. The second kappa shape index (κ2) is 6.00. The minimum absolute atomic E-state index is 0.0217. The van der Waals surface area contributed by atoms with Crippen molar-refractivity contribution in [2.75, 3.05) is 5.32 Å². The highest BCUT2D eigenvalue weighted by Crippen LogP contribution is 2.31. The number of hydrogen-bond donors (Lipinski definition) is 1. The average Bonchev–Trinajstić information content (AvgIpc) is 2.37. The third-order valence-corrected chi connectivity index (χ3v) is 3.76. The van der Waals surface area contributed by atoms with E-state index in [9.17, 15) is 0 Å². The highest BCUT2D eigenvalue weighted by atomic mass is 35.5. The van der Waals surface area contributed by atoms with Gasteiger partial charge in [-0.25, -0.2) is 4.98 Å². The number of aryl methyl sites for hydroxylation is 1. The number of anilines is 1. The molecule has 0 saturated heterocycles. The van der Waals surface area contributed by atoms with Gasteiger partial charge in [0.1, 0.15) is 0 Å². The van der Waals surface area contributed by atoms with Gasteiger partial charge in [0.25, 0.3) is 0 Å². The zero-order valence-electron chi connectivity index (χ0n) is 10.5. The molecule has 1 atom stereocenters. The minimum Gasteiger partial charge on any atom is -0.376 e. The van der Waals surface area contributed by atoms with Crippen molar-refractivity contribution < 1.29 is 0 Å². The smallest absolute Gasteiger partial charge is 0.152 e. The van der Waals surface area contributed by atoms with Crippen LogP contribution in [0.15, 0.2) is 30.5 Å². The number of halogens is 3. The fourth-order valence-electron chi connectivity index (χ4n) is 1.84. The first kappa shape index (κ1) is 14.4. The van der Waals surface area contributed by atoms with Crippen molar-refractivity contribution in [2.24, 2.45) is 0 Å². The molecule has 2 nitrogen and oxygen atoms in total. The molecule has 1 unspecified atom stereocenters. The van der Waals surface area contributed by atoms with Crippen molar-refractivity contribution in [3.63, 3.8) is 0 Å². The van der Waals surface area contributed by atoms with E-state index in [1.807, 2.05) is 26.0 Å². The Morgan fingerprint density at radius 3 is 2.58 bits per heavy atom. The van der Waals surface area contributed by atoms with Gasteiger partial charge in [-0.05, 0) is 49.2 Å². The van der Waals surface area contributed by atoms with Gasteiger partial charge in [-0.3, -0.25) is 0 Å². The number of nitrogens with one attached hydrogen (secondary N) is 1. The van der Waals surface area contributed by atoms with Crippen LogP contribution in [0.4, 0.5) is 5.69 Å². The van der Waals surface area contributed by atoms with E-state index >= 15 is 0 Å². The Kier molecular flexibility index (Phi) is 4.56. The predicted octanol–water partition coefficient (Wildman–Crippen LogP) is 5.52. The molecule has 100 valence electrons. The molecular formula is C14H13Cl3N2. The van der Waals surface area contributed by atoms with Crippen LogP contribution in [0.1, 0.15) is 24.1 Å². The molecule has 2 aromatic rings. The monoisotopic (exact) mass is 314 g/mol. The summed E-state index contributed by atoms with van der Waals surface area (Å²) in [5.74, 6) is 0. The molecule has 0 bridgehead atoms. The zero-order valence-corrected chi connectivity index (χ0v) is 12.8. The van der Waals surface area contributed by atoms with Crippen molar-refractivity contribution in [1.29, 1.82) is 0 Å². The SMILES string of the molecule is Cc1ccnc(Cl)c1NC(C)c1cc(Cl)ccc1Cl. The maximum Gasteiger partial charge on any atom is 0.152 e. The molecule has 0 fully saturated rings. The summed E-state index contributed by atoms with van der Waals surface area (Å²) in [7, 11) is 0. The molecule has 0 spiro atoms. The summed E-state index contributed by atoms with van der Waals surface area (Å²) in [6.07, 6.45) is 1.68. The van der Waals surface area contributed by atoms with Crippen LogP contribution in [0, 0.1) is 6.92 Å². The van der Waals surface area contributed by atoms with Gasteiger partial charge in [-0.1, -0.05) is 34.8 Å². The van der Waals surface area contributed by atoms with Crippen LogP contribution in [0.25, 0.3) is 0 Å². The lowest BCUT2D eigenvalue weighted by molar-refractivity contribution is 0.881. The van der Waals surface area contributed by atoms with Crippen molar-refractivity contribution in [1.82, 2.24) is 4.98 Å².